The van der Waals surface area contributed by atoms with Crippen LogP contribution in [-0.2, 0) is 27.1 Å². The van der Waals surface area contributed by atoms with Crippen LogP contribution in [0.15, 0.2) is 115 Å². The molecule has 1 fully saturated rings. The van der Waals surface area contributed by atoms with E-state index in [1.807, 2.05) is 0 Å². The van der Waals surface area contributed by atoms with Crippen LogP contribution < -0.4 is 37.2 Å². The normalized spacial score (nSPS) is 16.3. The van der Waals surface area contributed by atoms with E-state index in [9.17, 15) is 0 Å². The molecule has 5 rings (SSSR count). The Bertz CT molecular complexity index is 904. The van der Waals surface area contributed by atoms with Gasteiger partial charge in [-0.2, -0.15) is 5.92 Å². The van der Waals surface area contributed by atoms with Gasteiger partial charge in [-0.25, -0.2) is 11.6 Å². The van der Waals surface area contributed by atoms with E-state index in [0.29, 0.717) is 5.92 Å². The molecule has 0 spiro atoms. The fourth-order valence-electron chi connectivity index (χ4n) is 5.25. The van der Waals surface area contributed by atoms with E-state index in [4.69, 9.17) is 0 Å². The molecule has 1 saturated carbocycles. The molecule has 0 heterocycles. The van der Waals surface area contributed by atoms with Gasteiger partial charge in [-0.3, -0.25) is 0 Å². The molecule has 32 heavy (non-hydrogen) atoms. The molecular weight excluding hydrogens is 491 g/mol. The van der Waals surface area contributed by atoms with Gasteiger partial charge in [0, 0.05) is 5.41 Å². The molecule has 0 aliphatic heterocycles. The zero-order valence-electron chi connectivity index (χ0n) is 17.7. The van der Waals surface area contributed by atoms with Crippen molar-refractivity contribution >= 4 is 0 Å². The predicted octanol–water partition coefficient (Wildman–Crippen LogP) is -2.10. The van der Waals surface area contributed by atoms with E-state index < -0.39 is 0 Å². The van der Waals surface area contributed by atoms with Crippen molar-refractivity contribution in [3.8, 4) is 0 Å². The Balaban J connectivity index is 0.00000128. The van der Waals surface area contributed by atoms with Crippen LogP contribution in [0, 0.1) is 11.8 Å². The van der Waals surface area contributed by atoms with E-state index >= 15 is 0 Å². The Labute approximate surface area is 225 Å². The summed E-state index contributed by atoms with van der Waals surface area (Å²) in [5.74, 6) is 2.24. The molecule has 0 radical (unpaired) electrons. The zero-order valence-corrected chi connectivity index (χ0v) is 21.6. The van der Waals surface area contributed by atoms with Gasteiger partial charge in [0.2, 0.25) is 0 Å². The molecule has 2 aliphatic rings. The van der Waals surface area contributed by atoms with Crippen LogP contribution in [0.3, 0.4) is 0 Å². The van der Waals surface area contributed by atoms with E-state index in [1.54, 1.807) is 11.5 Å². The van der Waals surface area contributed by atoms with Crippen molar-refractivity contribution < 1.29 is 58.9 Å². The first kappa shape index (κ1) is 28.6. The zero-order chi connectivity index (χ0) is 18.8. The largest absolute Gasteiger partial charge is 4.00 e. The second-order valence-corrected chi connectivity index (χ2v) is 7.85. The van der Waals surface area contributed by atoms with Crippen LogP contribution in [0.5, 0.6) is 0 Å². The Hall–Kier alpha value is -1.41. The van der Waals surface area contributed by atoms with E-state index in [-0.39, 0.29) is 64.4 Å². The third kappa shape index (κ3) is 4.91. The van der Waals surface area contributed by atoms with Gasteiger partial charge in [-0.05, 0) is 29.0 Å². The number of hydrogen-bond donors (Lipinski definition) is 0. The molecule has 0 saturated heterocycles. The van der Waals surface area contributed by atoms with Crippen molar-refractivity contribution in [1.29, 1.82) is 0 Å². The van der Waals surface area contributed by atoms with Crippen molar-refractivity contribution in [2.24, 2.45) is 5.92 Å². The van der Waals surface area contributed by atoms with E-state index in [2.05, 4.69) is 109 Å². The third-order valence-corrected chi connectivity index (χ3v) is 6.44. The fourth-order valence-corrected chi connectivity index (χ4v) is 5.25. The molecule has 3 aromatic carbocycles. The third-order valence-electron chi connectivity index (χ3n) is 6.44. The SMILES string of the molecule is C1=CCC2CC[C-](C(c3ccccc3)(c3ccccc3)c3ccccc3)C2=C1.[Cl-].[Cl-].[Cl-].[Ti+4]. The first-order valence-electron chi connectivity index (χ1n) is 10.3. The molecular formula is C28H25Cl3Ti. The average molecular weight is 516 g/mol. The molecule has 1 unspecified atom stereocenters. The Morgan fingerprint density at radius 1 is 0.656 bits per heavy atom. The number of benzene rings is 3. The molecule has 0 N–H and O–H groups in total. The van der Waals surface area contributed by atoms with Crippen LogP contribution in [0.2, 0.25) is 0 Å². The minimum atomic E-state index is -0.241. The van der Waals surface area contributed by atoms with Gasteiger partial charge in [0.1, 0.15) is 0 Å². The summed E-state index contributed by atoms with van der Waals surface area (Å²) in [6, 6.07) is 33.3. The Morgan fingerprint density at radius 2 is 1.09 bits per heavy atom. The summed E-state index contributed by atoms with van der Waals surface area (Å²) in [6.07, 6.45) is 10.5. The summed E-state index contributed by atoms with van der Waals surface area (Å²) >= 11 is 0. The van der Waals surface area contributed by atoms with Crippen molar-refractivity contribution in [1.82, 2.24) is 0 Å². The topological polar surface area (TPSA) is 0 Å². The van der Waals surface area contributed by atoms with Crippen LogP contribution in [-0.4, -0.2) is 0 Å². The minimum absolute atomic E-state index is 0. The summed E-state index contributed by atoms with van der Waals surface area (Å²) in [5.41, 5.74) is 5.39. The second kappa shape index (κ2) is 12.7. The maximum atomic E-state index is 2.38. The number of fused-ring (bicyclic) bond motifs is 1. The summed E-state index contributed by atoms with van der Waals surface area (Å²) in [6.45, 7) is 0. The summed E-state index contributed by atoms with van der Waals surface area (Å²) in [7, 11) is 0. The van der Waals surface area contributed by atoms with Gasteiger partial charge in [0.05, 0.1) is 0 Å². The number of halogens is 3. The van der Waals surface area contributed by atoms with E-state index in [0.717, 1.165) is 6.42 Å². The van der Waals surface area contributed by atoms with Crippen LogP contribution >= 0.6 is 0 Å². The van der Waals surface area contributed by atoms with Crippen LogP contribution in [0.4, 0.5) is 0 Å². The number of allylic oxidation sites excluding steroid dienone is 4. The van der Waals surface area contributed by atoms with Crippen molar-refractivity contribution in [3.05, 3.63) is 137 Å². The van der Waals surface area contributed by atoms with Gasteiger partial charge >= 0.3 is 21.7 Å². The molecule has 4 heteroatoms. The molecule has 162 valence electrons. The smallest absolute Gasteiger partial charge is 1.00 e. The average Bonchev–Trinajstić information content (AvgIpc) is 3.21. The summed E-state index contributed by atoms with van der Waals surface area (Å²) < 4.78 is 0. The van der Waals surface area contributed by atoms with Crippen molar-refractivity contribution in [3.63, 3.8) is 0 Å². The number of rotatable bonds is 4. The van der Waals surface area contributed by atoms with Crippen LogP contribution in [0.25, 0.3) is 0 Å². The van der Waals surface area contributed by atoms with Gasteiger partial charge in [-0.15, -0.1) is 12.2 Å². The summed E-state index contributed by atoms with van der Waals surface area (Å²) in [4.78, 5) is 0. The quantitative estimate of drug-likeness (QED) is 0.212. The molecule has 3 aromatic rings. The molecule has 0 amide bonds. The monoisotopic (exact) mass is 514 g/mol. The van der Waals surface area contributed by atoms with Crippen LogP contribution in [0.1, 0.15) is 36.0 Å². The Morgan fingerprint density at radius 3 is 1.53 bits per heavy atom. The fraction of sp³-hybridized carbons (Fsp3) is 0.179. The van der Waals surface area contributed by atoms with E-state index in [1.165, 1.54) is 29.5 Å². The summed E-state index contributed by atoms with van der Waals surface area (Å²) in [5, 5.41) is 0. The second-order valence-electron chi connectivity index (χ2n) is 7.85. The predicted molar refractivity (Wildman–Crippen MR) is 117 cm³/mol. The molecule has 1 atom stereocenters. The van der Waals surface area contributed by atoms with Crippen molar-refractivity contribution in [2.45, 2.75) is 24.7 Å². The van der Waals surface area contributed by atoms with Gasteiger partial charge in [0.25, 0.3) is 0 Å². The number of hydrogen-bond acceptors (Lipinski definition) is 0. The van der Waals surface area contributed by atoms with Gasteiger partial charge in [0.15, 0.2) is 0 Å². The van der Waals surface area contributed by atoms with Crippen molar-refractivity contribution in [2.75, 3.05) is 0 Å². The van der Waals surface area contributed by atoms with Gasteiger partial charge < -0.3 is 37.2 Å². The minimum Gasteiger partial charge on any atom is -1.00 e. The van der Waals surface area contributed by atoms with Gasteiger partial charge in [-0.1, -0.05) is 104 Å². The first-order valence-corrected chi connectivity index (χ1v) is 10.3. The standard InChI is InChI=1S/C28H25.3ClH.Ti/c1-4-13-23(14-5-1)28(24-15-6-2-7-16-24,25-17-8-3-9-18-25)27-21-20-22-12-10-11-19-26(22)27;;;;/h1-11,13-19,22H,12,20-21H2;3*1H;/q-1;;;;+4/p-3. The molecule has 0 bridgehead atoms. The molecule has 0 aromatic heterocycles. The molecule has 0 nitrogen and oxygen atoms in total. The first-order chi connectivity index (χ1) is 13.9. The Kier molecular flexibility index (Phi) is 11.4. The maximum absolute atomic E-state index is 2.38. The maximum Gasteiger partial charge on any atom is 4.00 e. The molecule has 2 aliphatic carbocycles.